The van der Waals surface area contributed by atoms with Crippen molar-refractivity contribution in [3.05, 3.63) is 64.4 Å². The number of rotatable bonds is 4. The van der Waals surface area contributed by atoms with Gasteiger partial charge < -0.3 is 0 Å². The first-order valence-corrected chi connectivity index (χ1v) is 7.75. The number of sulfonamides is 1. The minimum absolute atomic E-state index is 0.0934. The molecule has 3 nitrogen and oxygen atoms in total. The molecular weight excluding hydrogens is 333 g/mol. The molecular formula is C13H11BrFNO2S. The van der Waals surface area contributed by atoms with E-state index in [9.17, 15) is 12.8 Å². The van der Waals surface area contributed by atoms with Crippen molar-refractivity contribution in [1.29, 1.82) is 0 Å². The number of hydrogen-bond donors (Lipinski definition) is 1. The van der Waals surface area contributed by atoms with Crippen LogP contribution in [0.1, 0.15) is 5.56 Å². The van der Waals surface area contributed by atoms with Gasteiger partial charge in [0.1, 0.15) is 5.82 Å². The van der Waals surface area contributed by atoms with Gasteiger partial charge in [-0.05, 0) is 39.7 Å². The quantitative estimate of drug-likeness (QED) is 0.927. The van der Waals surface area contributed by atoms with Gasteiger partial charge in [0.25, 0.3) is 0 Å². The van der Waals surface area contributed by atoms with Gasteiger partial charge in [0.15, 0.2) is 0 Å². The maximum atomic E-state index is 13.3. The van der Waals surface area contributed by atoms with E-state index >= 15 is 0 Å². The van der Waals surface area contributed by atoms with Crippen LogP contribution in [0.2, 0.25) is 0 Å². The van der Waals surface area contributed by atoms with Gasteiger partial charge in [0.2, 0.25) is 10.0 Å². The molecule has 0 radical (unpaired) electrons. The molecule has 0 saturated heterocycles. The first-order chi connectivity index (χ1) is 8.99. The Hall–Kier alpha value is -1.24. The van der Waals surface area contributed by atoms with Crippen LogP contribution in [0, 0.1) is 5.82 Å². The summed E-state index contributed by atoms with van der Waals surface area (Å²) in [4.78, 5) is -0.0934. The summed E-state index contributed by atoms with van der Waals surface area (Å²) in [5, 5.41) is 0. The monoisotopic (exact) mass is 343 g/mol. The first-order valence-electron chi connectivity index (χ1n) is 5.48. The SMILES string of the molecule is O=S(=O)(NCc1ccccc1)c1ccc(Br)c(F)c1. The summed E-state index contributed by atoms with van der Waals surface area (Å²) in [6, 6.07) is 12.8. The Morgan fingerprint density at radius 2 is 1.79 bits per heavy atom. The van der Waals surface area contributed by atoms with Crippen molar-refractivity contribution in [2.75, 3.05) is 0 Å². The summed E-state index contributed by atoms with van der Waals surface area (Å²) in [5.74, 6) is -0.609. The molecule has 0 bridgehead atoms. The lowest BCUT2D eigenvalue weighted by Gasteiger charge is -2.07. The second-order valence-corrected chi connectivity index (χ2v) is 6.51. The highest BCUT2D eigenvalue weighted by Gasteiger charge is 2.15. The Kier molecular flexibility index (Phi) is 4.34. The van der Waals surface area contributed by atoms with Gasteiger partial charge in [0, 0.05) is 6.54 Å². The Morgan fingerprint density at radius 3 is 2.42 bits per heavy atom. The third kappa shape index (κ3) is 3.62. The minimum atomic E-state index is -3.71. The van der Waals surface area contributed by atoms with Gasteiger partial charge >= 0.3 is 0 Å². The fourth-order valence-electron chi connectivity index (χ4n) is 1.50. The fourth-order valence-corrected chi connectivity index (χ4v) is 2.78. The van der Waals surface area contributed by atoms with E-state index in [0.29, 0.717) is 0 Å². The standard InChI is InChI=1S/C13H11BrFNO2S/c14-12-7-6-11(8-13(12)15)19(17,18)16-9-10-4-2-1-3-5-10/h1-8,16H,9H2. The molecule has 0 aliphatic heterocycles. The second kappa shape index (κ2) is 5.81. The van der Waals surface area contributed by atoms with Gasteiger partial charge in [-0.3, -0.25) is 0 Å². The average Bonchev–Trinajstić information content (AvgIpc) is 2.41. The molecule has 0 aliphatic carbocycles. The summed E-state index contributed by atoms with van der Waals surface area (Å²) in [6.07, 6.45) is 0. The van der Waals surface area contributed by atoms with E-state index < -0.39 is 15.8 Å². The van der Waals surface area contributed by atoms with E-state index in [0.717, 1.165) is 11.6 Å². The van der Waals surface area contributed by atoms with Crippen molar-refractivity contribution in [1.82, 2.24) is 4.72 Å². The molecule has 19 heavy (non-hydrogen) atoms. The zero-order valence-electron chi connectivity index (χ0n) is 9.81. The van der Waals surface area contributed by atoms with Crippen molar-refractivity contribution >= 4 is 26.0 Å². The maximum absolute atomic E-state index is 13.3. The van der Waals surface area contributed by atoms with E-state index in [2.05, 4.69) is 20.7 Å². The van der Waals surface area contributed by atoms with Crippen LogP contribution in [0.3, 0.4) is 0 Å². The molecule has 0 aromatic heterocycles. The molecule has 100 valence electrons. The Bertz CT molecular complexity index is 674. The van der Waals surface area contributed by atoms with Crippen LogP contribution >= 0.6 is 15.9 Å². The Labute approximate surface area is 119 Å². The number of halogens is 2. The maximum Gasteiger partial charge on any atom is 0.240 e. The molecule has 2 aromatic rings. The molecule has 0 amide bonds. The largest absolute Gasteiger partial charge is 0.240 e. The minimum Gasteiger partial charge on any atom is -0.207 e. The predicted octanol–water partition coefficient (Wildman–Crippen LogP) is 3.07. The van der Waals surface area contributed by atoms with Crippen molar-refractivity contribution in [2.45, 2.75) is 11.4 Å². The molecule has 2 aromatic carbocycles. The van der Waals surface area contributed by atoms with E-state index in [1.807, 2.05) is 30.3 Å². The zero-order valence-corrected chi connectivity index (χ0v) is 12.2. The Morgan fingerprint density at radius 1 is 1.11 bits per heavy atom. The average molecular weight is 344 g/mol. The van der Waals surface area contributed by atoms with Gasteiger partial charge in [0.05, 0.1) is 9.37 Å². The van der Waals surface area contributed by atoms with E-state index in [1.165, 1.54) is 12.1 Å². The third-order valence-electron chi connectivity index (χ3n) is 2.51. The lowest BCUT2D eigenvalue weighted by molar-refractivity contribution is 0.576. The summed E-state index contributed by atoms with van der Waals surface area (Å²) in [6.45, 7) is 0.168. The van der Waals surface area contributed by atoms with Crippen LogP contribution in [-0.2, 0) is 16.6 Å². The fraction of sp³-hybridized carbons (Fsp3) is 0.0769. The molecule has 0 heterocycles. The molecule has 0 fully saturated rings. The van der Waals surface area contributed by atoms with Gasteiger partial charge in [-0.1, -0.05) is 30.3 Å². The smallest absolute Gasteiger partial charge is 0.207 e. The van der Waals surface area contributed by atoms with Crippen LogP contribution in [-0.4, -0.2) is 8.42 Å². The van der Waals surface area contributed by atoms with E-state index in [1.54, 1.807) is 0 Å². The van der Waals surface area contributed by atoms with E-state index in [4.69, 9.17) is 0 Å². The van der Waals surface area contributed by atoms with Crippen LogP contribution < -0.4 is 4.72 Å². The molecule has 1 N–H and O–H groups in total. The van der Waals surface area contributed by atoms with Crippen LogP contribution in [0.15, 0.2) is 57.9 Å². The predicted molar refractivity (Wildman–Crippen MR) is 74.6 cm³/mol. The number of nitrogens with one attached hydrogen (secondary N) is 1. The molecule has 2 rings (SSSR count). The normalized spacial score (nSPS) is 11.5. The van der Waals surface area contributed by atoms with Gasteiger partial charge in [-0.25, -0.2) is 17.5 Å². The van der Waals surface area contributed by atoms with Crippen LogP contribution in [0.5, 0.6) is 0 Å². The van der Waals surface area contributed by atoms with Gasteiger partial charge in [-0.2, -0.15) is 0 Å². The van der Waals surface area contributed by atoms with Crippen LogP contribution in [0.25, 0.3) is 0 Å². The highest BCUT2D eigenvalue weighted by Crippen LogP contribution is 2.19. The zero-order chi connectivity index (χ0) is 13.9. The highest BCUT2D eigenvalue weighted by molar-refractivity contribution is 9.10. The molecule has 0 spiro atoms. The lowest BCUT2D eigenvalue weighted by Crippen LogP contribution is -2.23. The topological polar surface area (TPSA) is 46.2 Å². The van der Waals surface area contributed by atoms with Crippen molar-refractivity contribution in [3.63, 3.8) is 0 Å². The molecule has 6 heteroatoms. The van der Waals surface area contributed by atoms with Crippen molar-refractivity contribution in [3.8, 4) is 0 Å². The third-order valence-corrected chi connectivity index (χ3v) is 4.55. The summed E-state index contributed by atoms with van der Waals surface area (Å²) in [7, 11) is -3.71. The molecule has 0 atom stereocenters. The summed E-state index contributed by atoms with van der Waals surface area (Å²) < 4.78 is 39.9. The second-order valence-electron chi connectivity index (χ2n) is 3.89. The van der Waals surface area contributed by atoms with Crippen molar-refractivity contribution in [2.24, 2.45) is 0 Å². The highest BCUT2D eigenvalue weighted by atomic mass is 79.9. The van der Waals surface area contributed by atoms with Gasteiger partial charge in [-0.15, -0.1) is 0 Å². The summed E-state index contributed by atoms with van der Waals surface area (Å²) >= 11 is 2.98. The summed E-state index contributed by atoms with van der Waals surface area (Å²) in [5.41, 5.74) is 0.837. The molecule has 0 unspecified atom stereocenters. The molecule has 0 saturated carbocycles. The lowest BCUT2D eigenvalue weighted by atomic mass is 10.2. The molecule has 0 aliphatic rings. The number of hydrogen-bond acceptors (Lipinski definition) is 2. The first kappa shape index (κ1) is 14.2. The van der Waals surface area contributed by atoms with Crippen molar-refractivity contribution < 1.29 is 12.8 Å². The Balaban J connectivity index is 2.16. The van der Waals surface area contributed by atoms with E-state index in [-0.39, 0.29) is 15.9 Å². The van der Waals surface area contributed by atoms with Crippen LogP contribution in [0.4, 0.5) is 4.39 Å². The number of benzene rings is 2.